The minimum atomic E-state index is -0.00810. The number of rotatable bonds is 5. The Balaban J connectivity index is 2.10. The summed E-state index contributed by atoms with van der Waals surface area (Å²) in [5.74, 6) is 1.38. The van der Waals surface area contributed by atoms with Gasteiger partial charge in [0.15, 0.2) is 11.5 Å². The van der Waals surface area contributed by atoms with Gasteiger partial charge in [0, 0.05) is 25.2 Å². The Bertz CT molecular complexity index is 617. The van der Waals surface area contributed by atoms with E-state index in [9.17, 15) is 4.79 Å². The molecule has 0 radical (unpaired) electrons. The molecule has 1 fully saturated rings. The molecule has 0 spiro atoms. The van der Waals surface area contributed by atoms with Gasteiger partial charge in [0.25, 0.3) is 0 Å². The van der Waals surface area contributed by atoms with Gasteiger partial charge in [-0.3, -0.25) is 4.79 Å². The molecule has 2 N–H and O–H groups in total. The lowest BCUT2D eigenvalue weighted by Crippen LogP contribution is -2.44. The van der Waals surface area contributed by atoms with Crippen molar-refractivity contribution >= 4 is 23.6 Å². The van der Waals surface area contributed by atoms with Crippen LogP contribution < -0.4 is 15.2 Å². The normalized spacial score (nSPS) is 19.4. The highest BCUT2D eigenvalue weighted by Crippen LogP contribution is 2.36. The van der Waals surface area contributed by atoms with Gasteiger partial charge in [0.1, 0.15) is 0 Å². The van der Waals surface area contributed by atoms with Crippen molar-refractivity contribution in [1.29, 1.82) is 0 Å². The van der Waals surface area contributed by atoms with E-state index in [1.54, 1.807) is 31.4 Å². The highest BCUT2D eigenvalue weighted by atomic mass is 35.5. The van der Waals surface area contributed by atoms with E-state index in [1.165, 1.54) is 7.11 Å². The Hall–Kier alpha value is -1.72. The van der Waals surface area contributed by atoms with Crippen LogP contribution in [0.1, 0.15) is 25.3 Å². The lowest BCUT2D eigenvalue weighted by molar-refractivity contribution is -0.127. The molecule has 1 heterocycles. The molecule has 5 nitrogen and oxygen atoms in total. The molecule has 1 amide bonds. The lowest BCUT2D eigenvalue weighted by Gasteiger charge is -2.34. The van der Waals surface area contributed by atoms with Gasteiger partial charge in [-0.1, -0.05) is 11.6 Å². The molecule has 132 valence electrons. The Morgan fingerprint density at radius 3 is 2.79 bits per heavy atom. The zero-order valence-corrected chi connectivity index (χ0v) is 15.2. The summed E-state index contributed by atoms with van der Waals surface area (Å²) in [5.41, 5.74) is 6.76. The molecule has 2 rings (SSSR count). The summed E-state index contributed by atoms with van der Waals surface area (Å²) in [5, 5.41) is 0.443. The largest absolute Gasteiger partial charge is 0.493 e. The number of halogens is 1. The number of ether oxygens (including phenoxy) is 2. The van der Waals surface area contributed by atoms with E-state index in [0.717, 1.165) is 24.9 Å². The van der Waals surface area contributed by atoms with Crippen LogP contribution in [0.25, 0.3) is 6.08 Å². The van der Waals surface area contributed by atoms with E-state index < -0.39 is 0 Å². The van der Waals surface area contributed by atoms with Gasteiger partial charge >= 0.3 is 0 Å². The van der Waals surface area contributed by atoms with Crippen LogP contribution in [0.5, 0.6) is 11.5 Å². The fourth-order valence-corrected chi connectivity index (χ4v) is 3.24. The molecular weight excluding hydrogens is 328 g/mol. The molecule has 2 atom stereocenters. The average molecular weight is 353 g/mol. The number of nitrogens with two attached hydrogens (primary N) is 1. The summed E-state index contributed by atoms with van der Waals surface area (Å²) in [4.78, 5) is 14.3. The maximum Gasteiger partial charge on any atom is 0.246 e. The standard InChI is InChI=1S/C18H25ClN2O3/c1-12(20)14-5-4-8-21(11-14)17(22)7-6-13-9-15(19)18(24-3)16(10-13)23-2/h6-7,9-10,12,14H,4-5,8,11,20H2,1-3H3. The topological polar surface area (TPSA) is 64.8 Å². The van der Waals surface area contributed by atoms with Crippen molar-refractivity contribution in [2.24, 2.45) is 11.7 Å². The second-order valence-corrected chi connectivity index (χ2v) is 6.52. The number of carbonyl (C=O) groups is 1. The zero-order valence-electron chi connectivity index (χ0n) is 14.4. The second-order valence-electron chi connectivity index (χ2n) is 6.12. The van der Waals surface area contributed by atoms with Crippen molar-refractivity contribution in [3.63, 3.8) is 0 Å². The summed E-state index contributed by atoms with van der Waals surface area (Å²) in [6.45, 7) is 3.49. The summed E-state index contributed by atoms with van der Waals surface area (Å²) in [7, 11) is 3.09. The number of nitrogens with zero attached hydrogens (tertiary/aromatic N) is 1. The minimum Gasteiger partial charge on any atom is -0.493 e. The van der Waals surface area contributed by atoms with E-state index in [1.807, 2.05) is 11.8 Å². The number of amides is 1. The van der Waals surface area contributed by atoms with Crippen molar-refractivity contribution in [3.8, 4) is 11.5 Å². The first-order valence-electron chi connectivity index (χ1n) is 8.10. The molecule has 1 aliphatic rings. The Labute approximate surface area is 148 Å². The molecule has 0 aliphatic carbocycles. The summed E-state index contributed by atoms with van der Waals surface area (Å²) in [6.07, 6.45) is 5.39. The average Bonchev–Trinajstić information content (AvgIpc) is 2.59. The molecule has 1 saturated heterocycles. The van der Waals surface area contributed by atoms with Gasteiger partial charge < -0.3 is 20.1 Å². The highest BCUT2D eigenvalue weighted by molar-refractivity contribution is 6.32. The predicted octanol–water partition coefficient (Wildman–Crippen LogP) is 2.96. The Morgan fingerprint density at radius 1 is 1.42 bits per heavy atom. The van der Waals surface area contributed by atoms with Crippen LogP contribution in [-0.4, -0.2) is 44.2 Å². The van der Waals surface area contributed by atoms with Crippen molar-refractivity contribution in [2.45, 2.75) is 25.8 Å². The number of benzene rings is 1. The number of hydrogen-bond donors (Lipinski definition) is 1. The van der Waals surface area contributed by atoms with Crippen molar-refractivity contribution < 1.29 is 14.3 Å². The van der Waals surface area contributed by atoms with Crippen molar-refractivity contribution in [2.75, 3.05) is 27.3 Å². The van der Waals surface area contributed by atoms with Crippen LogP contribution in [0.3, 0.4) is 0 Å². The summed E-state index contributed by atoms with van der Waals surface area (Å²) >= 11 is 6.18. The van der Waals surface area contributed by atoms with Crippen LogP contribution in [0.4, 0.5) is 0 Å². The van der Waals surface area contributed by atoms with E-state index in [2.05, 4.69) is 0 Å². The molecule has 0 saturated carbocycles. The first-order valence-corrected chi connectivity index (χ1v) is 8.48. The van der Waals surface area contributed by atoms with Gasteiger partial charge in [-0.15, -0.1) is 0 Å². The maximum absolute atomic E-state index is 12.4. The van der Waals surface area contributed by atoms with E-state index >= 15 is 0 Å². The molecule has 0 aromatic heterocycles. The van der Waals surface area contributed by atoms with Crippen LogP contribution in [0, 0.1) is 5.92 Å². The Kier molecular flexibility index (Phi) is 6.52. The van der Waals surface area contributed by atoms with Crippen LogP contribution in [0.2, 0.25) is 5.02 Å². The van der Waals surface area contributed by atoms with Gasteiger partial charge in [0.05, 0.1) is 19.2 Å². The molecule has 0 bridgehead atoms. The zero-order chi connectivity index (χ0) is 17.7. The number of methoxy groups -OCH3 is 2. The van der Waals surface area contributed by atoms with Gasteiger partial charge in [-0.25, -0.2) is 0 Å². The smallest absolute Gasteiger partial charge is 0.246 e. The fourth-order valence-electron chi connectivity index (χ4n) is 2.95. The third kappa shape index (κ3) is 4.42. The number of likely N-dealkylation sites (tertiary alicyclic amines) is 1. The highest BCUT2D eigenvalue weighted by Gasteiger charge is 2.24. The summed E-state index contributed by atoms with van der Waals surface area (Å²) in [6, 6.07) is 3.64. The fraction of sp³-hybridized carbons (Fsp3) is 0.500. The second kappa shape index (κ2) is 8.40. The van der Waals surface area contributed by atoms with E-state index in [4.69, 9.17) is 26.8 Å². The third-order valence-electron chi connectivity index (χ3n) is 4.39. The molecule has 1 aromatic carbocycles. The number of hydrogen-bond acceptors (Lipinski definition) is 4. The first-order chi connectivity index (χ1) is 11.5. The molecule has 24 heavy (non-hydrogen) atoms. The minimum absolute atomic E-state index is 0.00810. The monoisotopic (exact) mass is 352 g/mol. The SMILES string of the molecule is COc1cc(C=CC(=O)N2CCCC(C(C)N)C2)cc(Cl)c1OC. The Morgan fingerprint density at radius 2 is 2.17 bits per heavy atom. The number of piperidine rings is 1. The maximum atomic E-state index is 12.4. The quantitative estimate of drug-likeness (QED) is 0.827. The van der Waals surface area contributed by atoms with Crippen molar-refractivity contribution in [1.82, 2.24) is 4.90 Å². The van der Waals surface area contributed by atoms with E-state index in [0.29, 0.717) is 29.0 Å². The van der Waals surface area contributed by atoms with E-state index in [-0.39, 0.29) is 11.9 Å². The van der Waals surface area contributed by atoms with Crippen LogP contribution in [-0.2, 0) is 4.79 Å². The third-order valence-corrected chi connectivity index (χ3v) is 4.67. The van der Waals surface area contributed by atoms with Gasteiger partial charge in [-0.05, 0) is 49.5 Å². The molecule has 1 aromatic rings. The number of carbonyl (C=O) groups excluding carboxylic acids is 1. The van der Waals surface area contributed by atoms with Crippen LogP contribution in [0.15, 0.2) is 18.2 Å². The van der Waals surface area contributed by atoms with Crippen LogP contribution >= 0.6 is 11.6 Å². The van der Waals surface area contributed by atoms with Gasteiger partial charge in [0.2, 0.25) is 5.91 Å². The molecule has 6 heteroatoms. The van der Waals surface area contributed by atoms with Crippen molar-refractivity contribution in [3.05, 3.63) is 28.8 Å². The first kappa shape index (κ1) is 18.6. The lowest BCUT2D eigenvalue weighted by atomic mass is 9.92. The van der Waals surface area contributed by atoms with Gasteiger partial charge in [-0.2, -0.15) is 0 Å². The molecule has 2 unspecified atom stereocenters. The summed E-state index contributed by atoms with van der Waals surface area (Å²) < 4.78 is 10.5. The predicted molar refractivity (Wildman–Crippen MR) is 96.5 cm³/mol. The molecule has 1 aliphatic heterocycles. The molecular formula is C18H25ClN2O3.